The lowest BCUT2D eigenvalue weighted by molar-refractivity contribution is 0.0203. The lowest BCUT2D eigenvalue weighted by Crippen LogP contribution is -2.19. The molecular formula is C15H17NO3. The molecule has 2 rings (SSSR count). The molecule has 0 radical (unpaired) electrons. The Labute approximate surface area is 112 Å². The fraction of sp³-hybridized carbons (Fsp3) is 0.200. The third-order valence-corrected chi connectivity index (χ3v) is 2.53. The molecule has 0 aliphatic heterocycles. The molecule has 0 aromatic heterocycles. The zero-order chi connectivity index (χ0) is 13.7. The van der Waals surface area contributed by atoms with Crippen molar-refractivity contribution in [3.8, 4) is 17.2 Å². The van der Waals surface area contributed by atoms with Crippen molar-refractivity contribution >= 4 is 5.69 Å². The first-order chi connectivity index (χ1) is 9.19. The van der Waals surface area contributed by atoms with Crippen LogP contribution in [0.5, 0.6) is 17.2 Å². The monoisotopic (exact) mass is 259 g/mol. The van der Waals surface area contributed by atoms with E-state index in [0.717, 1.165) is 5.75 Å². The second kappa shape index (κ2) is 6.00. The predicted octanol–water partition coefficient (Wildman–Crippen LogP) is 3.08. The number of methoxy groups -OCH3 is 1. The van der Waals surface area contributed by atoms with Crippen LogP contribution >= 0.6 is 0 Å². The van der Waals surface area contributed by atoms with Gasteiger partial charge >= 0.3 is 0 Å². The van der Waals surface area contributed by atoms with Gasteiger partial charge in [-0.15, -0.1) is 0 Å². The number of rotatable bonds is 5. The van der Waals surface area contributed by atoms with Gasteiger partial charge in [0.05, 0.1) is 7.11 Å². The summed E-state index contributed by atoms with van der Waals surface area (Å²) in [6.45, 7) is 1.82. The van der Waals surface area contributed by atoms with Crippen LogP contribution in [0, 0.1) is 0 Å². The molecule has 4 heteroatoms. The lowest BCUT2D eigenvalue weighted by Gasteiger charge is -2.18. The Morgan fingerprint density at radius 1 is 0.947 bits per heavy atom. The summed E-state index contributed by atoms with van der Waals surface area (Å²) < 4.78 is 16.5. The predicted molar refractivity (Wildman–Crippen MR) is 74.6 cm³/mol. The van der Waals surface area contributed by atoms with Crippen molar-refractivity contribution in [1.82, 2.24) is 0 Å². The summed E-state index contributed by atoms with van der Waals surface area (Å²) in [6, 6.07) is 14.7. The number of ether oxygens (including phenoxy) is 3. The Balaban J connectivity index is 2.04. The molecule has 1 atom stereocenters. The summed E-state index contributed by atoms with van der Waals surface area (Å²) in [4.78, 5) is 0. The standard InChI is InChI=1S/C15H17NO3/c1-11(18-13-6-4-3-5-7-13)19-14-9-8-12(16)10-15(14)17-2/h3-11H,16H2,1-2H3. The van der Waals surface area contributed by atoms with E-state index in [1.807, 2.05) is 37.3 Å². The van der Waals surface area contributed by atoms with E-state index in [1.165, 1.54) is 0 Å². The number of benzene rings is 2. The van der Waals surface area contributed by atoms with E-state index in [4.69, 9.17) is 19.9 Å². The number of nitrogen functional groups attached to an aromatic ring is 1. The summed E-state index contributed by atoms with van der Waals surface area (Å²) in [6.07, 6.45) is -0.431. The third kappa shape index (κ3) is 3.55. The van der Waals surface area contributed by atoms with E-state index in [2.05, 4.69) is 0 Å². The molecule has 0 spiro atoms. The smallest absolute Gasteiger partial charge is 0.238 e. The quantitative estimate of drug-likeness (QED) is 0.662. The Bertz CT molecular complexity index is 528. The van der Waals surface area contributed by atoms with E-state index in [-0.39, 0.29) is 0 Å². The molecule has 19 heavy (non-hydrogen) atoms. The topological polar surface area (TPSA) is 53.7 Å². The first kappa shape index (κ1) is 13.1. The highest BCUT2D eigenvalue weighted by Gasteiger charge is 2.10. The highest BCUT2D eigenvalue weighted by atomic mass is 16.7. The van der Waals surface area contributed by atoms with Gasteiger partial charge in [-0.2, -0.15) is 0 Å². The van der Waals surface area contributed by atoms with Gasteiger partial charge in [0.25, 0.3) is 0 Å². The van der Waals surface area contributed by atoms with E-state index < -0.39 is 6.29 Å². The summed E-state index contributed by atoms with van der Waals surface area (Å²) in [5.41, 5.74) is 6.32. The van der Waals surface area contributed by atoms with Gasteiger partial charge in [0.1, 0.15) is 5.75 Å². The Morgan fingerprint density at radius 3 is 2.37 bits per heavy atom. The van der Waals surface area contributed by atoms with Gasteiger partial charge < -0.3 is 19.9 Å². The minimum absolute atomic E-state index is 0.431. The van der Waals surface area contributed by atoms with Crippen molar-refractivity contribution in [3.05, 3.63) is 48.5 Å². The minimum Gasteiger partial charge on any atom is -0.493 e. The SMILES string of the molecule is COc1cc(N)ccc1OC(C)Oc1ccccc1. The van der Waals surface area contributed by atoms with Gasteiger partial charge in [-0.1, -0.05) is 18.2 Å². The molecule has 2 aromatic carbocycles. The largest absolute Gasteiger partial charge is 0.493 e. The molecule has 0 saturated heterocycles. The van der Waals surface area contributed by atoms with E-state index in [9.17, 15) is 0 Å². The van der Waals surface area contributed by atoms with Crippen LogP contribution in [0.2, 0.25) is 0 Å². The molecule has 0 fully saturated rings. The average Bonchev–Trinajstić information content (AvgIpc) is 2.42. The van der Waals surface area contributed by atoms with Crippen molar-refractivity contribution in [2.75, 3.05) is 12.8 Å². The van der Waals surface area contributed by atoms with Crippen LogP contribution in [0.4, 0.5) is 5.69 Å². The number of para-hydroxylation sites is 1. The van der Waals surface area contributed by atoms with Gasteiger partial charge in [0.15, 0.2) is 11.5 Å². The van der Waals surface area contributed by atoms with Gasteiger partial charge in [0, 0.05) is 18.7 Å². The van der Waals surface area contributed by atoms with Gasteiger partial charge in [-0.25, -0.2) is 0 Å². The Morgan fingerprint density at radius 2 is 1.68 bits per heavy atom. The third-order valence-electron chi connectivity index (χ3n) is 2.53. The maximum absolute atomic E-state index is 5.69. The summed E-state index contributed by atoms with van der Waals surface area (Å²) in [5.74, 6) is 1.94. The van der Waals surface area contributed by atoms with Crippen molar-refractivity contribution in [1.29, 1.82) is 0 Å². The van der Waals surface area contributed by atoms with Crippen LogP contribution in [0.15, 0.2) is 48.5 Å². The summed E-state index contributed by atoms with van der Waals surface area (Å²) in [7, 11) is 1.57. The van der Waals surface area contributed by atoms with Gasteiger partial charge in [-0.3, -0.25) is 0 Å². The van der Waals surface area contributed by atoms with Crippen molar-refractivity contribution < 1.29 is 14.2 Å². The van der Waals surface area contributed by atoms with Crippen LogP contribution in [-0.4, -0.2) is 13.4 Å². The van der Waals surface area contributed by atoms with Crippen molar-refractivity contribution in [2.45, 2.75) is 13.2 Å². The second-order valence-corrected chi connectivity index (χ2v) is 4.03. The zero-order valence-corrected chi connectivity index (χ0v) is 11.0. The Hall–Kier alpha value is -2.36. The maximum atomic E-state index is 5.69. The molecule has 2 N–H and O–H groups in total. The molecule has 4 nitrogen and oxygen atoms in total. The average molecular weight is 259 g/mol. The highest BCUT2D eigenvalue weighted by molar-refractivity contribution is 5.51. The van der Waals surface area contributed by atoms with Crippen molar-refractivity contribution in [3.63, 3.8) is 0 Å². The summed E-state index contributed by atoms with van der Waals surface area (Å²) in [5, 5.41) is 0. The van der Waals surface area contributed by atoms with Crippen LogP contribution in [0.1, 0.15) is 6.92 Å². The van der Waals surface area contributed by atoms with E-state index in [1.54, 1.807) is 25.3 Å². The van der Waals surface area contributed by atoms with Crippen LogP contribution in [0.25, 0.3) is 0 Å². The maximum Gasteiger partial charge on any atom is 0.238 e. The highest BCUT2D eigenvalue weighted by Crippen LogP contribution is 2.30. The van der Waals surface area contributed by atoms with Crippen molar-refractivity contribution in [2.24, 2.45) is 0 Å². The normalized spacial score (nSPS) is 11.7. The number of nitrogens with two attached hydrogens (primary N) is 1. The fourth-order valence-electron chi connectivity index (χ4n) is 1.68. The molecule has 100 valence electrons. The number of hydrogen-bond acceptors (Lipinski definition) is 4. The lowest BCUT2D eigenvalue weighted by atomic mass is 10.3. The molecule has 0 amide bonds. The van der Waals surface area contributed by atoms with Gasteiger partial charge in [0.2, 0.25) is 6.29 Å². The molecule has 0 saturated carbocycles. The summed E-state index contributed by atoms with van der Waals surface area (Å²) >= 11 is 0. The van der Waals surface area contributed by atoms with Crippen LogP contribution < -0.4 is 19.9 Å². The number of anilines is 1. The zero-order valence-electron chi connectivity index (χ0n) is 11.0. The molecule has 0 heterocycles. The molecule has 0 aliphatic rings. The van der Waals surface area contributed by atoms with E-state index >= 15 is 0 Å². The number of hydrogen-bond donors (Lipinski definition) is 1. The molecular weight excluding hydrogens is 242 g/mol. The molecule has 1 unspecified atom stereocenters. The minimum atomic E-state index is -0.431. The Kier molecular flexibility index (Phi) is 4.13. The van der Waals surface area contributed by atoms with Gasteiger partial charge in [-0.05, 0) is 24.3 Å². The van der Waals surface area contributed by atoms with E-state index in [0.29, 0.717) is 17.2 Å². The fourth-order valence-corrected chi connectivity index (χ4v) is 1.68. The first-order valence-electron chi connectivity index (χ1n) is 6.01. The molecule has 0 aliphatic carbocycles. The van der Waals surface area contributed by atoms with Crippen LogP contribution in [-0.2, 0) is 0 Å². The van der Waals surface area contributed by atoms with Crippen LogP contribution in [0.3, 0.4) is 0 Å². The molecule has 0 bridgehead atoms. The second-order valence-electron chi connectivity index (χ2n) is 4.03. The molecule has 2 aromatic rings. The first-order valence-corrected chi connectivity index (χ1v) is 6.01.